The third-order valence-corrected chi connectivity index (χ3v) is 5.70. The molecular formula is C22H25ClN2O4. The Morgan fingerprint density at radius 2 is 1.83 bits per heavy atom. The van der Waals surface area contributed by atoms with E-state index in [4.69, 9.17) is 21.1 Å². The van der Waals surface area contributed by atoms with Gasteiger partial charge in [0, 0.05) is 36.3 Å². The van der Waals surface area contributed by atoms with Crippen LogP contribution in [0.5, 0.6) is 11.5 Å². The van der Waals surface area contributed by atoms with E-state index in [1.165, 1.54) is 0 Å². The maximum atomic E-state index is 12.6. The fourth-order valence-corrected chi connectivity index (χ4v) is 3.83. The van der Waals surface area contributed by atoms with Gasteiger partial charge in [0.25, 0.3) is 5.91 Å². The number of aliphatic hydroxyl groups is 1. The van der Waals surface area contributed by atoms with Crippen LogP contribution in [0.2, 0.25) is 5.02 Å². The number of likely N-dealkylation sites (tertiary alicyclic amines) is 1. The highest BCUT2D eigenvalue weighted by molar-refractivity contribution is 6.30. The standard InChI is InChI=1S/C22H25ClN2O4/c23-16-7-5-15(6-8-16)22(27)25-11-9-17(10-12-25)24-13-18(26)21-14-28-19-3-1-2-4-20(19)29-21/h1-8,17-18,21,24,26H,9-14H2. The molecule has 1 amide bonds. The number of nitrogens with one attached hydrogen (secondary N) is 1. The lowest BCUT2D eigenvalue weighted by atomic mass is 10.0. The Kier molecular flexibility index (Phi) is 6.23. The number of aliphatic hydroxyl groups excluding tert-OH is 1. The first-order valence-corrected chi connectivity index (χ1v) is 10.3. The first-order chi connectivity index (χ1) is 14.1. The van der Waals surface area contributed by atoms with Gasteiger partial charge in [-0.05, 0) is 49.2 Å². The van der Waals surface area contributed by atoms with Crippen LogP contribution in [0.3, 0.4) is 0 Å². The van der Waals surface area contributed by atoms with Gasteiger partial charge < -0.3 is 24.8 Å². The van der Waals surface area contributed by atoms with E-state index in [0.717, 1.165) is 12.8 Å². The van der Waals surface area contributed by atoms with Crippen LogP contribution in [-0.4, -0.2) is 60.4 Å². The van der Waals surface area contributed by atoms with Gasteiger partial charge in [0.15, 0.2) is 17.6 Å². The number of rotatable bonds is 5. The molecule has 2 aliphatic rings. The summed E-state index contributed by atoms with van der Waals surface area (Å²) in [6, 6.07) is 14.7. The van der Waals surface area contributed by atoms with Gasteiger partial charge in [-0.1, -0.05) is 23.7 Å². The molecule has 2 N–H and O–H groups in total. The molecule has 0 saturated carbocycles. The van der Waals surface area contributed by atoms with Crippen molar-refractivity contribution in [2.45, 2.75) is 31.1 Å². The lowest BCUT2D eigenvalue weighted by Crippen LogP contribution is -2.50. The molecular weight excluding hydrogens is 392 g/mol. The second-order valence-electron chi connectivity index (χ2n) is 7.46. The molecule has 0 bridgehead atoms. The quantitative estimate of drug-likeness (QED) is 0.784. The van der Waals surface area contributed by atoms with Crippen molar-refractivity contribution in [3.8, 4) is 11.5 Å². The first-order valence-electron chi connectivity index (χ1n) is 9.95. The van der Waals surface area contributed by atoms with Gasteiger partial charge in [-0.25, -0.2) is 0 Å². The lowest BCUT2D eigenvalue weighted by Gasteiger charge is -2.34. The number of fused-ring (bicyclic) bond motifs is 1. The zero-order chi connectivity index (χ0) is 20.2. The van der Waals surface area contributed by atoms with Crippen LogP contribution in [0, 0.1) is 0 Å². The molecule has 1 saturated heterocycles. The first kappa shape index (κ1) is 20.0. The van der Waals surface area contributed by atoms with Crippen LogP contribution in [0.1, 0.15) is 23.2 Å². The van der Waals surface area contributed by atoms with Crippen LogP contribution in [0.25, 0.3) is 0 Å². The SMILES string of the molecule is O=C(c1ccc(Cl)cc1)N1CCC(NCC(O)C2COc3ccccc3O2)CC1. The summed E-state index contributed by atoms with van der Waals surface area (Å²) in [5.74, 6) is 1.41. The number of carbonyl (C=O) groups excluding carboxylic acids is 1. The minimum absolute atomic E-state index is 0.0339. The number of nitrogens with zero attached hydrogens (tertiary/aromatic N) is 1. The molecule has 4 rings (SSSR count). The van der Waals surface area contributed by atoms with Crippen molar-refractivity contribution in [2.75, 3.05) is 26.2 Å². The molecule has 29 heavy (non-hydrogen) atoms. The molecule has 1 fully saturated rings. The summed E-state index contributed by atoms with van der Waals surface area (Å²) < 4.78 is 11.5. The van der Waals surface area contributed by atoms with E-state index in [-0.39, 0.29) is 11.9 Å². The Labute approximate surface area is 175 Å². The van der Waals surface area contributed by atoms with E-state index < -0.39 is 12.2 Å². The number of ether oxygens (including phenoxy) is 2. The fraction of sp³-hybridized carbons (Fsp3) is 0.409. The molecule has 0 aliphatic carbocycles. The van der Waals surface area contributed by atoms with Crippen LogP contribution >= 0.6 is 11.6 Å². The summed E-state index contributed by atoms with van der Waals surface area (Å²) in [4.78, 5) is 14.5. The summed E-state index contributed by atoms with van der Waals surface area (Å²) >= 11 is 5.89. The van der Waals surface area contributed by atoms with Crippen LogP contribution in [0.4, 0.5) is 0 Å². The molecule has 0 aromatic heterocycles. The number of carbonyl (C=O) groups is 1. The van der Waals surface area contributed by atoms with E-state index in [2.05, 4.69) is 5.32 Å². The molecule has 2 aromatic rings. The monoisotopic (exact) mass is 416 g/mol. The van der Waals surface area contributed by atoms with E-state index in [1.807, 2.05) is 29.2 Å². The van der Waals surface area contributed by atoms with E-state index in [0.29, 0.717) is 48.3 Å². The lowest BCUT2D eigenvalue weighted by molar-refractivity contribution is -0.0109. The second-order valence-corrected chi connectivity index (χ2v) is 7.90. The maximum Gasteiger partial charge on any atom is 0.253 e. The van der Waals surface area contributed by atoms with E-state index in [9.17, 15) is 9.90 Å². The topological polar surface area (TPSA) is 71.0 Å². The van der Waals surface area contributed by atoms with Crippen molar-refractivity contribution in [1.82, 2.24) is 10.2 Å². The zero-order valence-corrected chi connectivity index (χ0v) is 16.8. The van der Waals surface area contributed by atoms with Crippen LogP contribution in [-0.2, 0) is 0 Å². The predicted molar refractivity (Wildman–Crippen MR) is 111 cm³/mol. The summed E-state index contributed by atoms with van der Waals surface area (Å²) in [6.45, 7) is 2.12. The van der Waals surface area contributed by atoms with E-state index >= 15 is 0 Å². The molecule has 0 radical (unpaired) electrons. The Hall–Kier alpha value is -2.28. The number of para-hydroxylation sites is 2. The highest BCUT2D eigenvalue weighted by Gasteiger charge is 2.29. The van der Waals surface area contributed by atoms with Gasteiger partial charge in [0.1, 0.15) is 12.7 Å². The van der Waals surface area contributed by atoms with Crippen LogP contribution in [0.15, 0.2) is 48.5 Å². The number of piperidine rings is 1. The number of hydrogen-bond donors (Lipinski definition) is 2. The van der Waals surface area contributed by atoms with Crippen molar-refractivity contribution >= 4 is 17.5 Å². The van der Waals surface area contributed by atoms with Crippen molar-refractivity contribution in [3.63, 3.8) is 0 Å². The van der Waals surface area contributed by atoms with Gasteiger partial charge in [0.2, 0.25) is 0 Å². The number of halogens is 1. The van der Waals surface area contributed by atoms with Crippen LogP contribution < -0.4 is 14.8 Å². The molecule has 2 aromatic carbocycles. The number of benzene rings is 2. The summed E-state index contributed by atoms with van der Waals surface area (Å²) in [7, 11) is 0. The Balaban J connectivity index is 1.22. The minimum atomic E-state index is -0.669. The van der Waals surface area contributed by atoms with E-state index in [1.54, 1.807) is 24.3 Å². The largest absolute Gasteiger partial charge is 0.486 e. The average Bonchev–Trinajstić information content (AvgIpc) is 2.77. The Bertz CT molecular complexity index is 837. The molecule has 2 unspecified atom stereocenters. The predicted octanol–water partition coefficient (Wildman–Crippen LogP) is 2.74. The van der Waals surface area contributed by atoms with Crippen molar-refractivity contribution in [1.29, 1.82) is 0 Å². The smallest absolute Gasteiger partial charge is 0.253 e. The summed E-state index contributed by atoms with van der Waals surface area (Å²) in [5, 5.41) is 14.5. The highest BCUT2D eigenvalue weighted by atomic mass is 35.5. The molecule has 0 spiro atoms. The van der Waals surface area contributed by atoms with Crippen molar-refractivity contribution < 1.29 is 19.4 Å². The third-order valence-electron chi connectivity index (χ3n) is 5.45. The molecule has 2 heterocycles. The Morgan fingerprint density at radius 3 is 2.55 bits per heavy atom. The van der Waals surface area contributed by atoms with Gasteiger partial charge >= 0.3 is 0 Å². The zero-order valence-electron chi connectivity index (χ0n) is 16.1. The van der Waals surface area contributed by atoms with Gasteiger partial charge in [-0.2, -0.15) is 0 Å². The maximum absolute atomic E-state index is 12.6. The molecule has 2 aliphatic heterocycles. The highest BCUT2D eigenvalue weighted by Crippen LogP contribution is 2.31. The fourth-order valence-electron chi connectivity index (χ4n) is 3.71. The second kappa shape index (κ2) is 9.03. The minimum Gasteiger partial charge on any atom is -0.486 e. The van der Waals surface area contributed by atoms with Gasteiger partial charge in [-0.15, -0.1) is 0 Å². The van der Waals surface area contributed by atoms with Crippen molar-refractivity contribution in [2.24, 2.45) is 0 Å². The van der Waals surface area contributed by atoms with Gasteiger partial charge in [-0.3, -0.25) is 4.79 Å². The summed E-state index contributed by atoms with van der Waals surface area (Å²) in [6.07, 6.45) is 0.620. The molecule has 2 atom stereocenters. The van der Waals surface area contributed by atoms with Crippen molar-refractivity contribution in [3.05, 3.63) is 59.1 Å². The number of hydrogen-bond acceptors (Lipinski definition) is 5. The normalized spacial score (nSPS) is 20.3. The summed E-state index contributed by atoms with van der Waals surface area (Å²) in [5.41, 5.74) is 0.658. The third kappa shape index (κ3) is 4.83. The average molecular weight is 417 g/mol. The number of amides is 1. The van der Waals surface area contributed by atoms with Gasteiger partial charge in [0.05, 0.1) is 0 Å². The molecule has 154 valence electrons. The Morgan fingerprint density at radius 1 is 1.14 bits per heavy atom. The molecule has 7 heteroatoms. The molecule has 6 nitrogen and oxygen atoms in total.